The Labute approximate surface area is 134 Å². The summed E-state index contributed by atoms with van der Waals surface area (Å²) in [5, 5.41) is 0. The molecule has 1 aliphatic rings. The molecule has 0 N–H and O–H groups in total. The Morgan fingerprint density at radius 1 is 0.955 bits per heavy atom. The zero-order chi connectivity index (χ0) is 16.2. The van der Waals surface area contributed by atoms with Crippen molar-refractivity contribution in [3.63, 3.8) is 0 Å². The van der Waals surface area contributed by atoms with Crippen LogP contribution in [-0.4, -0.2) is 0 Å². The van der Waals surface area contributed by atoms with Crippen LogP contribution in [0.5, 0.6) is 0 Å². The molecule has 0 nitrogen and oxygen atoms in total. The van der Waals surface area contributed by atoms with E-state index in [0.29, 0.717) is 11.1 Å². The molecule has 0 aromatic heterocycles. The molecule has 22 heavy (non-hydrogen) atoms. The molecule has 0 unspecified atom stereocenters. The number of hydrogen-bond donors (Lipinski definition) is 0. The maximum absolute atomic E-state index is 3.91. The molecule has 0 saturated heterocycles. The largest absolute Gasteiger partial charge is 0.0991 e. The van der Waals surface area contributed by atoms with Crippen molar-refractivity contribution in [2.45, 2.75) is 12.8 Å². The predicted octanol–water partition coefficient (Wildman–Crippen LogP) is 5.24. The van der Waals surface area contributed by atoms with Gasteiger partial charge in [-0.15, -0.1) is 0 Å². The summed E-state index contributed by atoms with van der Waals surface area (Å²) in [6.45, 7) is 15.2. The van der Waals surface area contributed by atoms with Crippen molar-refractivity contribution in [2.75, 3.05) is 0 Å². The third kappa shape index (κ3) is 7.59. The van der Waals surface area contributed by atoms with Crippen LogP contribution in [0.1, 0.15) is 12.8 Å². The summed E-state index contributed by atoms with van der Waals surface area (Å²) in [7, 11) is 0. The molecule has 0 atom stereocenters. The molecule has 0 saturated carbocycles. The van der Waals surface area contributed by atoms with E-state index in [4.69, 9.17) is 0 Å². The molecule has 0 heterocycles. The summed E-state index contributed by atoms with van der Waals surface area (Å²) >= 11 is 0. The van der Waals surface area contributed by atoms with E-state index in [0.717, 1.165) is 24.0 Å². The lowest BCUT2D eigenvalue weighted by atomic mass is 10.1. The van der Waals surface area contributed by atoms with Crippen LogP contribution in [0, 0.1) is 23.7 Å². The van der Waals surface area contributed by atoms with Crippen LogP contribution in [0.25, 0.3) is 0 Å². The fraction of sp³-hybridized carbons (Fsp3) is 0.0909. The smallest absolute Gasteiger partial charge is 0.0177 e. The van der Waals surface area contributed by atoms with Crippen molar-refractivity contribution in [2.24, 2.45) is 0 Å². The molecule has 0 spiro atoms. The average molecular weight is 284 g/mol. The fourth-order valence-corrected chi connectivity index (χ4v) is 1.54. The van der Waals surface area contributed by atoms with Gasteiger partial charge in [0, 0.05) is 22.3 Å². The summed E-state index contributed by atoms with van der Waals surface area (Å²) in [5.74, 6) is 12.0. The molecular formula is C22H20. The van der Waals surface area contributed by atoms with Crippen molar-refractivity contribution < 1.29 is 0 Å². The zero-order valence-electron chi connectivity index (χ0n) is 12.9. The first-order valence-electron chi connectivity index (χ1n) is 7.05. The maximum atomic E-state index is 3.91. The standard InChI is InChI=1S/C22H20/c1-5-6-10-19(2)13-14-20(3)15-16-21(4)17-18-22-11-8-7-9-12-22/h5-8,10-11,15-16H,1-4,9,12H2/b10-6-,16-15-. The van der Waals surface area contributed by atoms with Gasteiger partial charge in [-0.2, -0.15) is 0 Å². The van der Waals surface area contributed by atoms with E-state index < -0.39 is 0 Å². The van der Waals surface area contributed by atoms with E-state index in [9.17, 15) is 0 Å². The van der Waals surface area contributed by atoms with Crippen LogP contribution in [-0.2, 0) is 0 Å². The van der Waals surface area contributed by atoms with Crippen molar-refractivity contribution in [3.8, 4) is 23.7 Å². The quantitative estimate of drug-likeness (QED) is 0.489. The first-order chi connectivity index (χ1) is 10.6. The Hall–Kier alpha value is -2.96. The second-order valence-corrected chi connectivity index (χ2v) is 4.66. The topological polar surface area (TPSA) is 0 Å². The van der Waals surface area contributed by atoms with Gasteiger partial charge in [0.15, 0.2) is 0 Å². The number of rotatable bonds is 4. The monoisotopic (exact) mass is 284 g/mol. The second-order valence-electron chi connectivity index (χ2n) is 4.66. The van der Waals surface area contributed by atoms with E-state index >= 15 is 0 Å². The first kappa shape index (κ1) is 17.1. The minimum absolute atomic E-state index is 0.691. The SMILES string of the molecule is C=C/C=C\C(=C)C#CC(=C)/C=C\C(=C)C#CC1=CC=CCC1. The summed E-state index contributed by atoms with van der Waals surface area (Å²) in [6.07, 6.45) is 17.2. The third-order valence-electron chi connectivity index (χ3n) is 2.70. The molecule has 0 aliphatic heterocycles. The lowest BCUT2D eigenvalue weighted by Gasteiger charge is -1.99. The van der Waals surface area contributed by atoms with Gasteiger partial charge in [-0.1, -0.05) is 80.4 Å². The van der Waals surface area contributed by atoms with Crippen LogP contribution >= 0.6 is 0 Å². The van der Waals surface area contributed by atoms with Gasteiger partial charge in [-0.25, -0.2) is 0 Å². The summed E-state index contributed by atoms with van der Waals surface area (Å²) in [5.41, 5.74) is 3.28. The predicted molar refractivity (Wildman–Crippen MR) is 97.9 cm³/mol. The Morgan fingerprint density at radius 2 is 1.59 bits per heavy atom. The van der Waals surface area contributed by atoms with Crippen LogP contribution < -0.4 is 0 Å². The molecule has 0 aromatic rings. The van der Waals surface area contributed by atoms with Gasteiger partial charge in [0.25, 0.3) is 0 Å². The highest BCUT2D eigenvalue weighted by Gasteiger charge is 1.94. The maximum Gasteiger partial charge on any atom is 0.0177 e. The third-order valence-corrected chi connectivity index (χ3v) is 2.70. The Balaban J connectivity index is 2.55. The lowest BCUT2D eigenvalue weighted by Crippen LogP contribution is -1.83. The highest BCUT2D eigenvalue weighted by Crippen LogP contribution is 2.10. The fourth-order valence-electron chi connectivity index (χ4n) is 1.54. The lowest BCUT2D eigenvalue weighted by molar-refractivity contribution is 1.000. The molecule has 0 heteroatoms. The minimum Gasteiger partial charge on any atom is -0.0991 e. The van der Waals surface area contributed by atoms with Crippen molar-refractivity contribution in [3.05, 3.63) is 97.2 Å². The Morgan fingerprint density at radius 3 is 2.18 bits per heavy atom. The zero-order valence-corrected chi connectivity index (χ0v) is 12.9. The van der Waals surface area contributed by atoms with Gasteiger partial charge >= 0.3 is 0 Å². The molecule has 1 rings (SSSR count). The van der Waals surface area contributed by atoms with E-state index in [-0.39, 0.29) is 0 Å². The van der Waals surface area contributed by atoms with Gasteiger partial charge in [0.1, 0.15) is 0 Å². The van der Waals surface area contributed by atoms with E-state index in [2.05, 4.69) is 56.1 Å². The van der Waals surface area contributed by atoms with Gasteiger partial charge in [-0.3, -0.25) is 0 Å². The summed E-state index contributed by atoms with van der Waals surface area (Å²) in [4.78, 5) is 0. The molecule has 108 valence electrons. The van der Waals surface area contributed by atoms with E-state index in [1.165, 1.54) is 0 Å². The summed E-state index contributed by atoms with van der Waals surface area (Å²) < 4.78 is 0. The van der Waals surface area contributed by atoms with E-state index in [1.807, 2.05) is 24.3 Å². The summed E-state index contributed by atoms with van der Waals surface area (Å²) in [6, 6.07) is 0. The van der Waals surface area contributed by atoms with Crippen molar-refractivity contribution in [1.29, 1.82) is 0 Å². The van der Waals surface area contributed by atoms with Crippen LogP contribution in [0.4, 0.5) is 0 Å². The highest BCUT2D eigenvalue weighted by molar-refractivity contribution is 5.49. The first-order valence-corrected chi connectivity index (χ1v) is 7.05. The van der Waals surface area contributed by atoms with Crippen LogP contribution in [0.15, 0.2) is 97.2 Å². The van der Waals surface area contributed by atoms with Crippen molar-refractivity contribution in [1.82, 2.24) is 0 Å². The second kappa shape index (κ2) is 9.87. The van der Waals surface area contributed by atoms with Crippen molar-refractivity contribution >= 4 is 0 Å². The van der Waals surface area contributed by atoms with Gasteiger partial charge in [-0.05, 0) is 31.1 Å². The molecule has 0 fully saturated rings. The molecular weight excluding hydrogens is 264 g/mol. The van der Waals surface area contributed by atoms with Gasteiger partial charge in [0.2, 0.25) is 0 Å². The number of hydrogen-bond acceptors (Lipinski definition) is 0. The van der Waals surface area contributed by atoms with Crippen LogP contribution in [0.3, 0.4) is 0 Å². The molecule has 0 radical (unpaired) electrons. The number of allylic oxidation sites excluding steroid dienone is 12. The molecule has 0 aromatic carbocycles. The minimum atomic E-state index is 0.691. The highest BCUT2D eigenvalue weighted by atomic mass is 14.0. The average Bonchev–Trinajstić information content (AvgIpc) is 2.55. The van der Waals surface area contributed by atoms with Gasteiger partial charge in [0.05, 0.1) is 0 Å². The van der Waals surface area contributed by atoms with Crippen LogP contribution in [0.2, 0.25) is 0 Å². The van der Waals surface area contributed by atoms with E-state index in [1.54, 1.807) is 18.2 Å². The molecule has 0 bridgehead atoms. The Bertz CT molecular complexity index is 707. The molecule has 0 amide bonds. The Kier molecular flexibility index (Phi) is 7.67. The normalized spacial score (nSPS) is 12.8. The van der Waals surface area contributed by atoms with Gasteiger partial charge < -0.3 is 0 Å². The molecule has 1 aliphatic carbocycles.